The first-order valence-corrected chi connectivity index (χ1v) is 10.0. The Labute approximate surface area is 167 Å². The highest BCUT2D eigenvalue weighted by atomic mass is 35.5. The van der Waals surface area contributed by atoms with E-state index >= 15 is 0 Å². The molecule has 3 heterocycles. The summed E-state index contributed by atoms with van der Waals surface area (Å²) in [6.07, 6.45) is 3.78. The summed E-state index contributed by atoms with van der Waals surface area (Å²) in [5, 5.41) is 3.43. The first-order valence-electron chi connectivity index (χ1n) is 10.0. The average molecular weight is 392 g/mol. The van der Waals surface area contributed by atoms with E-state index in [0.717, 1.165) is 38.0 Å². The van der Waals surface area contributed by atoms with Crippen LogP contribution in [-0.2, 0) is 9.59 Å². The number of nitrogens with zero attached hydrogens (tertiary/aromatic N) is 2. The molecular formula is C21H30ClN3O2. The molecule has 3 atom stereocenters. The smallest absolute Gasteiger partial charge is 0.239 e. The lowest BCUT2D eigenvalue weighted by atomic mass is 10.0. The number of rotatable bonds is 3. The Kier molecular flexibility index (Phi) is 6.11. The standard InChI is InChI=1S/C21H29N3O2.ClH/c1-14(2)15-3-5-16(6-4-15)23-12-10-19(20(23)25)21(26)24-17-7-8-18(24)13-22-11-9-17;/h3-6,14,17-19,22H,7-13H2,1-2H3;1H. The quantitative estimate of drug-likeness (QED) is 0.806. The van der Waals surface area contributed by atoms with Gasteiger partial charge in [-0.05, 0) is 55.8 Å². The van der Waals surface area contributed by atoms with Crippen molar-refractivity contribution in [3.8, 4) is 0 Å². The van der Waals surface area contributed by atoms with Gasteiger partial charge in [0.2, 0.25) is 11.8 Å². The topological polar surface area (TPSA) is 52.7 Å². The Bertz CT molecular complexity index is 677. The fraction of sp³-hybridized carbons (Fsp3) is 0.619. The fourth-order valence-corrected chi connectivity index (χ4v) is 4.73. The number of hydrogen-bond acceptors (Lipinski definition) is 3. The second kappa shape index (κ2) is 8.19. The minimum absolute atomic E-state index is 0. The predicted molar refractivity (Wildman–Crippen MR) is 109 cm³/mol. The minimum atomic E-state index is -0.499. The zero-order chi connectivity index (χ0) is 18.3. The fourth-order valence-electron chi connectivity index (χ4n) is 4.73. The molecule has 27 heavy (non-hydrogen) atoms. The van der Waals surface area contributed by atoms with Crippen LogP contribution in [0.1, 0.15) is 51.0 Å². The van der Waals surface area contributed by atoms with Crippen molar-refractivity contribution in [2.24, 2.45) is 5.92 Å². The van der Waals surface area contributed by atoms with E-state index in [1.807, 2.05) is 17.0 Å². The van der Waals surface area contributed by atoms with Gasteiger partial charge in [-0.1, -0.05) is 26.0 Å². The molecule has 6 heteroatoms. The lowest BCUT2D eigenvalue weighted by Gasteiger charge is -2.30. The second-order valence-electron chi connectivity index (χ2n) is 8.20. The molecule has 3 saturated heterocycles. The highest BCUT2D eigenvalue weighted by molar-refractivity contribution is 6.09. The van der Waals surface area contributed by atoms with Crippen molar-refractivity contribution < 1.29 is 9.59 Å². The van der Waals surface area contributed by atoms with Crippen LogP contribution in [0.3, 0.4) is 0 Å². The number of amides is 2. The zero-order valence-electron chi connectivity index (χ0n) is 16.2. The van der Waals surface area contributed by atoms with E-state index < -0.39 is 5.92 Å². The molecule has 1 aromatic carbocycles. The Balaban J connectivity index is 0.00000210. The molecule has 5 nitrogen and oxygen atoms in total. The van der Waals surface area contributed by atoms with E-state index in [2.05, 4.69) is 31.3 Å². The summed E-state index contributed by atoms with van der Waals surface area (Å²) < 4.78 is 0. The van der Waals surface area contributed by atoms with Crippen LogP contribution >= 0.6 is 12.4 Å². The molecule has 3 aliphatic heterocycles. The first kappa shape index (κ1) is 20.2. The van der Waals surface area contributed by atoms with Crippen LogP contribution < -0.4 is 10.2 Å². The predicted octanol–water partition coefficient (Wildman–Crippen LogP) is 2.94. The van der Waals surface area contributed by atoms with Gasteiger partial charge in [-0.3, -0.25) is 9.59 Å². The van der Waals surface area contributed by atoms with Crippen molar-refractivity contribution in [1.29, 1.82) is 0 Å². The summed E-state index contributed by atoms with van der Waals surface area (Å²) in [7, 11) is 0. The molecule has 3 unspecified atom stereocenters. The highest BCUT2D eigenvalue weighted by Crippen LogP contribution is 2.33. The normalized spacial score (nSPS) is 27.7. The van der Waals surface area contributed by atoms with E-state index in [4.69, 9.17) is 0 Å². The molecule has 0 aromatic heterocycles. The number of hydrogen-bond donors (Lipinski definition) is 1. The van der Waals surface area contributed by atoms with Crippen LogP contribution in [-0.4, -0.2) is 48.4 Å². The van der Waals surface area contributed by atoms with Crippen LogP contribution in [0.2, 0.25) is 0 Å². The molecule has 4 rings (SSSR count). The van der Waals surface area contributed by atoms with E-state index in [1.54, 1.807) is 4.90 Å². The number of anilines is 1. The van der Waals surface area contributed by atoms with Crippen molar-refractivity contribution in [3.05, 3.63) is 29.8 Å². The summed E-state index contributed by atoms with van der Waals surface area (Å²) in [6.45, 7) is 6.79. The van der Waals surface area contributed by atoms with Crippen molar-refractivity contribution in [2.75, 3.05) is 24.5 Å². The third-order valence-electron chi connectivity index (χ3n) is 6.28. The molecule has 2 bridgehead atoms. The molecule has 1 N–H and O–H groups in total. The van der Waals surface area contributed by atoms with Gasteiger partial charge in [-0.2, -0.15) is 0 Å². The molecule has 3 aliphatic rings. The summed E-state index contributed by atoms with van der Waals surface area (Å²) in [6, 6.07) is 8.78. The molecule has 0 saturated carbocycles. The highest BCUT2D eigenvalue weighted by Gasteiger charge is 2.45. The van der Waals surface area contributed by atoms with Crippen molar-refractivity contribution >= 4 is 29.9 Å². The summed E-state index contributed by atoms with van der Waals surface area (Å²) in [5.74, 6) is 0.0113. The molecule has 3 fully saturated rings. The van der Waals surface area contributed by atoms with Crippen LogP contribution in [0, 0.1) is 5.92 Å². The van der Waals surface area contributed by atoms with E-state index in [0.29, 0.717) is 24.9 Å². The first-order chi connectivity index (χ1) is 12.6. The molecule has 0 aliphatic carbocycles. The third kappa shape index (κ3) is 3.72. The van der Waals surface area contributed by atoms with Crippen LogP contribution in [0.4, 0.5) is 5.69 Å². The van der Waals surface area contributed by atoms with Crippen LogP contribution in [0.5, 0.6) is 0 Å². The minimum Gasteiger partial charge on any atom is -0.335 e. The number of fused-ring (bicyclic) bond motifs is 2. The molecule has 0 spiro atoms. The number of carbonyl (C=O) groups is 2. The number of benzene rings is 1. The summed E-state index contributed by atoms with van der Waals surface area (Å²) in [4.78, 5) is 30.0. The van der Waals surface area contributed by atoms with Crippen molar-refractivity contribution in [3.63, 3.8) is 0 Å². The van der Waals surface area contributed by atoms with Gasteiger partial charge in [0.15, 0.2) is 0 Å². The maximum absolute atomic E-state index is 13.2. The molecular weight excluding hydrogens is 362 g/mol. The number of carbonyl (C=O) groups excluding carboxylic acids is 2. The van der Waals surface area contributed by atoms with Gasteiger partial charge >= 0.3 is 0 Å². The Morgan fingerprint density at radius 3 is 2.48 bits per heavy atom. The molecule has 1 aromatic rings. The monoisotopic (exact) mass is 391 g/mol. The van der Waals surface area contributed by atoms with Crippen LogP contribution in [0.25, 0.3) is 0 Å². The van der Waals surface area contributed by atoms with Crippen LogP contribution in [0.15, 0.2) is 24.3 Å². The van der Waals surface area contributed by atoms with E-state index in [1.165, 1.54) is 5.56 Å². The average Bonchev–Trinajstić information content (AvgIpc) is 3.13. The Hall–Kier alpha value is -1.59. The van der Waals surface area contributed by atoms with Gasteiger partial charge in [-0.15, -0.1) is 12.4 Å². The van der Waals surface area contributed by atoms with Gasteiger partial charge < -0.3 is 15.1 Å². The van der Waals surface area contributed by atoms with Gasteiger partial charge in [-0.25, -0.2) is 0 Å². The Morgan fingerprint density at radius 1 is 1.07 bits per heavy atom. The van der Waals surface area contributed by atoms with Gasteiger partial charge in [0.1, 0.15) is 5.92 Å². The third-order valence-corrected chi connectivity index (χ3v) is 6.28. The van der Waals surface area contributed by atoms with Crippen molar-refractivity contribution in [1.82, 2.24) is 10.2 Å². The number of halogens is 1. The van der Waals surface area contributed by atoms with Gasteiger partial charge in [0.05, 0.1) is 0 Å². The van der Waals surface area contributed by atoms with Crippen molar-refractivity contribution in [2.45, 2.75) is 57.5 Å². The SMILES string of the molecule is CC(C)c1ccc(N2CCC(C(=O)N3C4CCNCC3CC4)C2=O)cc1.Cl. The maximum Gasteiger partial charge on any atom is 0.239 e. The number of nitrogens with one attached hydrogen (secondary N) is 1. The molecule has 0 radical (unpaired) electrons. The van der Waals surface area contributed by atoms with E-state index in [-0.39, 0.29) is 30.3 Å². The largest absolute Gasteiger partial charge is 0.335 e. The second-order valence-corrected chi connectivity index (χ2v) is 8.20. The van der Waals surface area contributed by atoms with Gasteiger partial charge in [0.25, 0.3) is 0 Å². The molecule has 148 valence electrons. The lowest BCUT2D eigenvalue weighted by Crippen LogP contribution is -2.47. The summed E-state index contributed by atoms with van der Waals surface area (Å²) in [5.41, 5.74) is 2.18. The maximum atomic E-state index is 13.2. The summed E-state index contributed by atoms with van der Waals surface area (Å²) >= 11 is 0. The van der Waals surface area contributed by atoms with E-state index in [9.17, 15) is 9.59 Å². The lowest BCUT2D eigenvalue weighted by molar-refractivity contribution is -0.142. The zero-order valence-corrected chi connectivity index (χ0v) is 17.0. The van der Waals surface area contributed by atoms with Gasteiger partial charge in [0, 0.05) is 30.9 Å². The molecule has 2 amide bonds. The Morgan fingerprint density at radius 2 is 1.78 bits per heavy atom.